The van der Waals surface area contributed by atoms with Crippen molar-refractivity contribution in [1.82, 2.24) is 10.3 Å². The first-order chi connectivity index (χ1) is 10.5. The number of nitrogens with zero attached hydrogens (tertiary/aromatic N) is 1. The quantitative estimate of drug-likeness (QED) is 0.803. The Balaban J connectivity index is 2.05. The predicted molar refractivity (Wildman–Crippen MR) is 91.4 cm³/mol. The maximum absolute atomic E-state index is 12.2. The van der Waals surface area contributed by atoms with E-state index >= 15 is 0 Å². The molecule has 0 aliphatic carbocycles. The minimum absolute atomic E-state index is 0.130. The highest BCUT2D eigenvalue weighted by Gasteiger charge is 2.15. The van der Waals surface area contributed by atoms with E-state index in [2.05, 4.69) is 26.2 Å². The zero-order valence-electron chi connectivity index (χ0n) is 12.4. The molecule has 7 heteroatoms. The van der Waals surface area contributed by atoms with E-state index in [1.54, 1.807) is 12.5 Å². The van der Waals surface area contributed by atoms with Crippen molar-refractivity contribution in [3.63, 3.8) is 0 Å². The highest BCUT2D eigenvalue weighted by Crippen LogP contribution is 2.28. The Labute approximate surface area is 142 Å². The molecule has 118 valence electrons. The Morgan fingerprint density at radius 2 is 2.32 bits per heavy atom. The van der Waals surface area contributed by atoms with Crippen molar-refractivity contribution in [1.29, 1.82) is 0 Å². The molecule has 0 aliphatic rings. The Morgan fingerprint density at radius 1 is 1.55 bits per heavy atom. The molecule has 0 radical (unpaired) electrons. The lowest BCUT2D eigenvalue weighted by molar-refractivity contribution is 0.0935. The van der Waals surface area contributed by atoms with Crippen LogP contribution in [0, 0.1) is 0 Å². The van der Waals surface area contributed by atoms with Gasteiger partial charge in [-0.25, -0.2) is 4.98 Å². The van der Waals surface area contributed by atoms with Gasteiger partial charge in [0.25, 0.3) is 5.91 Å². The van der Waals surface area contributed by atoms with E-state index in [0.29, 0.717) is 18.7 Å². The number of hydrogen-bond acceptors (Lipinski definition) is 5. The number of nitrogens with one attached hydrogen (secondary N) is 1. The largest absolute Gasteiger partial charge is 0.496 e. The van der Waals surface area contributed by atoms with Gasteiger partial charge in [0.15, 0.2) is 0 Å². The summed E-state index contributed by atoms with van der Waals surface area (Å²) in [4.78, 5) is 16.5. The molecule has 0 bridgehead atoms. The van der Waals surface area contributed by atoms with Crippen LogP contribution in [0.1, 0.15) is 34.0 Å². The summed E-state index contributed by atoms with van der Waals surface area (Å²) in [6, 6.07) is 5.60. The van der Waals surface area contributed by atoms with Gasteiger partial charge < -0.3 is 15.8 Å². The zero-order valence-corrected chi connectivity index (χ0v) is 14.8. The molecule has 3 N–H and O–H groups in total. The molecule has 5 nitrogen and oxygen atoms in total. The average molecular weight is 384 g/mol. The summed E-state index contributed by atoms with van der Waals surface area (Å²) in [6.07, 6.45) is 0.693. The number of aromatic nitrogens is 1. The zero-order chi connectivity index (χ0) is 16.1. The van der Waals surface area contributed by atoms with Crippen LogP contribution in [0.15, 0.2) is 28.1 Å². The second-order valence-corrected chi connectivity index (χ2v) is 6.55. The van der Waals surface area contributed by atoms with E-state index in [1.165, 1.54) is 11.3 Å². The van der Waals surface area contributed by atoms with Gasteiger partial charge in [-0.2, -0.15) is 0 Å². The maximum Gasteiger partial charge on any atom is 0.271 e. The maximum atomic E-state index is 12.2. The molecule has 1 unspecified atom stereocenters. The van der Waals surface area contributed by atoms with Crippen molar-refractivity contribution < 1.29 is 9.53 Å². The van der Waals surface area contributed by atoms with E-state index in [-0.39, 0.29) is 11.9 Å². The second kappa shape index (κ2) is 7.71. The molecule has 0 aliphatic heterocycles. The molecule has 1 heterocycles. The normalized spacial score (nSPS) is 12.0. The summed E-state index contributed by atoms with van der Waals surface area (Å²) >= 11 is 4.90. The number of benzene rings is 1. The van der Waals surface area contributed by atoms with E-state index in [4.69, 9.17) is 10.5 Å². The standard InChI is InChI=1S/C15H18BrN3O2S/c1-9(10-3-4-13(21-2)11(16)7-10)18-15(20)12-8-22-14(19-12)5-6-17/h3-4,7-9H,5-6,17H2,1-2H3,(H,18,20). The van der Waals surface area contributed by atoms with Crippen LogP contribution in [0.4, 0.5) is 0 Å². The fourth-order valence-corrected chi connectivity index (χ4v) is 3.31. The molecule has 2 aromatic rings. The summed E-state index contributed by atoms with van der Waals surface area (Å²) in [5.74, 6) is 0.576. The monoisotopic (exact) mass is 383 g/mol. The molecular weight excluding hydrogens is 366 g/mol. The smallest absolute Gasteiger partial charge is 0.271 e. The van der Waals surface area contributed by atoms with Crippen LogP contribution in [-0.4, -0.2) is 24.5 Å². The molecule has 1 atom stereocenters. The number of methoxy groups -OCH3 is 1. The molecule has 22 heavy (non-hydrogen) atoms. The molecule has 0 saturated heterocycles. The summed E-state index contributed by atoms with van der Waals surface area (Å²) in [5.41, 5.74) is 6.91. The molecule has 1 amide bonds. The molecule has 0 spiro atoms. The van der Waals surface area contributed by atoms with Crippen molar-refractivity contribution in [3.8, 4) is 5.75 Å². The lowest BCUT2D eigenvalue weighted by atomic mass is 10.1. The summed E-state index contributed by atoms with van der Waals surface area (Å²) in [7, 11) is 1.62. The molecule has 2 rings (SSSR count). The van der Waals surface area contributed by atoms with Crippen LogP contribution < -0.4 is 15.8 Å². The van der Waals surface area contributed by atoms with E-state index in [9.17, 15) is 4.79 Å². The second-order valence-electron chi connectivity index (χ2n) is 4.75. The fraction of sp³-hybridized carbons (Fsp3) is 0.333. The number of nitrogens with two attached hydrogens (primary N) is 1. The Bertz CT molecular complexity index is 660. The number of thiazole rings is 1. The van der Waals surface area contributed by atoms with Crippen LogP contribution in [-0.2, 0) is 6.42 Å². The number of carbonyl (C=O) groups is 1. The van der Waals surface area contributed by atoms with Gasteiger partial charge in [0.2, 0.25) is 0 Å². The van der Waals surface area contributed by atoms with Crippen molar-refractivity contribution >= 4 is 33.2 Å². The van der Waals surface area contributed by atoms with Gasteiger partial charge in [0, 0.05) is 11.8 Å². The van der Waals surface area contributed by atoms with Crippen LogP contribution in [0.5, 0.6) is 5.75 Å². The molecule has 1 aromatic heterocycles. The predicted octanol–water partition coefficient (Wildman–Crippen LogP) is 2.91. The van der Waals surface area contributed by atoms with Crippen LogP contribution in [0.2, 0.25) is 0 Å². The number of hydrogen-bond donors (Lipinski definition) is 2. The van der Waals surface area contributed by atoms with E-state index < -0.39 is 0 Å². The number of ether oxygens (including phenoxy) is 1. The number of carbonyl (C=O) groups excluding carboxylic acids is 1. The number of rotatable bonds is 6. The van der Waals surface area contributed by atoms with Gasteiger partial charge in [0.05, 0.1) is 22.6 Å². The van der Waals surface area contributed by atoms with Gasteiger partial charge in [-0.1, -0.05) is 6.07 Å². The highest BCUT2D eigenvalue weighted by atomic mass is 79.9. The molecule has 0 fully saturated rings. The Morgan fingerprint density at radius 3 is 2.95 bits per heavy atom. The minimum atomic E-state index is -0.182. The average Bonchev–Trinajstić information content (AvgIpc) is 2.96. The third kappa shape index (κ3) is 4.06. The first-order valence-electron chi connectivity index (χ1n) is 6.84. The molecular formula is C15H18BrN3O2S. The van der Waals surface area contributed by atoms with E-state index in [1.807, 2.05) is 25.1 Å². The number of amides is 1. The van der Waals surface area contributed by atoms with Gasteiger partial charge in [0.1, 0.15) is 11.4 Å². The first-order valence-corrected chi connectivity index (χ1v) is 8.51. The topological polar surface area (TPSA) is 77.2 Å². The first kappa shape index (κ1) is 16.9. The van der Waals surface area contributed by atoms with Gasteiger partial charge in [-0.15, -0.1) is 11.3 Å². The third-order valence-electron chi connectivity index (χ3n) is 3.17. The van der Waals surface area contributed by atoms with E-state index in [0.717, 1.165) is 20.8 Å². The lowest BCUT2D eigenvalue weighted by Crippen LogP contribution is -2.27. The highest BCUT2D eigenvalue weighted by molar-refractivity contribution is 9.10. The van der Waals surface area contributed by atoms with Gasteiger partial charge in [-0.05, 0) is 47.1 Å². The summed E-state index contributed by atoms with van der Waals surface area (Å²) in [6.45, 7) is 2.46. The Kier molecular flexibility index (Phi) is 5.93. The fourth-order valence-electron chi connectivity index (χ4n) is 1.96. The van der Waals surface area contributed by atoms with Gasteiger partial charge >= 0.3 is 0 Å². The van der Waals surface area contributed by atoms with Crippen molar-refractivity contribution in [3.05, 3.63) is 44.3 Å². The van der Waals surface area contributed by atoms with Crippen LogP contribution in [0.3, 0.4) is 0 Å². The third-order valence-corrected chi connectivity index (χ3v) is 4.69. The van der Waals surface area contributed by atoms with Gasteiger partial charge in [-0.3, -0.25) is 4.79 Å². The molecule has 0 saturated carbocycles. The summed E-state index contributed by atoms with van der Waals surface area (Å²) < 4.78 is 6.06. The minimum Gasteiger partial charge on any atom is -0.496 e. The summed E-state index contributed by atoms with van der Waals surface area (Å²) in [5, 5.41) is 5.59. The molecule has 1 aromatic carbocycles. The SMILES string of the molecule is COc1ccc(C(C)NC(=O)c2csc(CCN)n2)cc1Br. The Hall–Kier alpha value is -1.44. The van der Waals surface area contributed by atoms with Crippen LogP contribution in [0.25, 0.3) is 0 Å². The van der Waals surface area contributed by atoms with Crippen molar-refractivity contribution in [2.75, 3.05) is 13.7 Å². The van der Waals surface area contributed by atoms with Crippen molar-refractivity contribution in [2.45, 2.75) is 19.4 Å². The van der Waals surface area contributed by atoms with Crippen LogP contribution >= 0.6 is 27.3 Å². The van der Waals surface area contributed by atoms with Crippen molar-refractivity contribution in [2.24, 2.45) is 5.73 Å². The lowest BCUT2D eigenvalue weighted by Gasteiger charge is -2.15. The number of halogens is 1.